The van der Waals surface area contributed by atoms with E-state index in [0.717, 1.165) is 57.0 Å². The number of benzene rings is 5. The first kappa shape index (κ1) is 93.1. The van der Waals surface area contributed by atoms with Crippen LogP contribution in [-0.2, 0) is 104 Å². The second-order valence-corrected chi connectivity index (χ2v) is 39.8. The van der Waals surface area contributed by atoms with Gasteiger partial charge in [-0.2, -0.15) is 0 Å². The summed E-state index contributed by atoms with van der Waals surface area (Å²) in [7, 11) is 8.13. The summed E-state index contributed by atoms with van der Waals surface area (Å²) in [5.74, 6) is -1.60. The molecule has 10 aliphatic rings. The van der Waals surface area contributed by atoms with Crippen molar-refractivity contribution in [2.24, 2.45) is 83.2 Å². The number of rotatable bonds is 15. The second-order valence-electron chi connectivity index (χ2n) is 33.6. The summed E-state index contributed by atoms with van der Waals surface area (Å²) in [4.78, 5) is 159. The molecule has 133 heavy (non-hydrogen) atoms. The van der Waals surface area contributed by atoms with Gasteiger partial charge >= 0.3 is 24.4 Å². The number of nitrogens with two attached hydrogens (primary N) is 5. The number of amides is 9. The predicted molar refractivity (Wildman–Crippen MR) is 512 cm³/mol. The highest BCUT2D eigenvalue weighted by Crippen LogP contribution is 2.52. The molecule has 39 heteroatoms. The lowest BCUT2D eigenvalue weighted by Gasteiger charge is -2.37. The Morgan fingerprint density at radius 3 is 0.782 bits per heavy atom. The Bertz CT molecular complexity index is 5720. The standard InChI is InChI=1S/C19H19BrN4O3S.3C19H20N4O3S.C18H20N4OS/c1-23-16(25)13-9-24(18(26)27-10-12-5-3-2-4-6-12)11-19(13,22-17(23)21)14-7-8-15(20)28-14;3*1-22-16(24)14-10-23(18(25)26-11-13-6-3-2-4-7-13)12-19(14,21-17(22)20)15-8-5-9-27-15;1-21-16(23)14-11-22(10-13-6-3-2-4-7-13)12-18(14,20-17(21)19)15-8-5-9-24-15/h2-8,13H,9-11H2,1H3,(H2,21,22);3*2-9,14H,10-12H2,1H3,(H2,20,21);2-9,14H,10-12H2,1H3,(H2,19,20). The zero-order valence-corrected chi connectivity index (χ0v) is 79.0. The highest BCUT2D eigenvalue weighted by Gasteiger charge is 2.62. The van der Waals surface area contributed by atoms with E-state index in [1.54, 1.807) is 66.2 Å². The Hall–Kier alpha value is -13.2. The zero-order valence-electron chi connectivity index (χ0n) is 73.3. The number of guanidine groups is 5. The van der Waals surface area contributed by atoms with E-state index in [9.17, 15) is 43.2 Å². The lowest BCUT2D eigenvalue weighted by atomic mass is 9.84. The van der Waals surface area contributed by atoms with Gasteiger partial charge in [-0.25, -0.2) is 44.1 Å². The number of ether oxygens (including phenoxy) is 4. The topological polar surface area (TPSA) is 415 Å². The van der Waals surface area contributed by atoms with Gasteiger partial charge in [0.15, 0.2) is 29.8 Å². The fourth-order valence-electron chi connectivity index (χ4n) is 18.3. The van der Waals surface area contributed by atoms with Crippen molar-refractivity contribution in [3.8, 4) is 0 Å². The molecule has 10 unspecified atom stereocenters. The van der Waals surface area contributed by atoms with Crippen LogP contribution < -0.4 is 28.7 Å². The van der Waals surface area contributed by atoms with Crippen molar-refractivity contribution < 1.29 is 62.1 Å². The minimum atomic E-state index is -0.879. The average molecular weight is 1960 g/mol. The van der Waals surface area contributed by atoms with Crippen LogP contribution in [0.25, 0.3) is 0 Å². The number of likely N-dealkylation sites (tertiary alicyclic amines) is 5. The second kappa shape index (κ2) is 39.3. The minimum Gasteiger partial charge on any atom is -0.445 e. The van der Waals surface area contributed by atoms with Gasteiger partial charge in [-0.1, -0.05) is 176 Å². The van der Waals surface area contributed by atoms with Crippen LogP contribution in [0.4, 0.5) is 19.2 Å². The van der Waals surface area contributed by atoms with Gasteiger partial charge in [0, 0.05) is 105 Å². The summed E-state index contributed by atoms with van der Waals surface area (Å²) in [6, 6.07) is 67.8. The molecule has 5 saturated heterocycles. The summed E-state index contributed by atoms with van der Waals surface area (Å²) in [6.07, 6.45) is -1.81. The van der Waals surface area contributed by atoms with E-state index in [2.05, 4.69) is 59.0 Å². The molecule has 15 heterocycles. The number of carbonyl (C=O) groups is 9. The Balaban J connectivity index is 0.000000121. The number of fused-ring (bicyclic) bond motifs is 5. The number of carbonyl (C=O) groups excluding carboxylic acids is 9. The molecule has 10 aromatic rings. The molecule has 5 aromatic carbocycles. The summed E-state index contributed by atoms with van der Waals surface area (Å²) >= 11 is 11.2. The highest BCUT2D eigenvalue weighted by atomic mass is 79.9. The minimum absolute atomic E-state index is 0.0615. The Morgan fingerprint density at radius 1 is 0.316 bits per heavy atom. The van der Waals surface area contributed by atoms with Gasteiger partial charge in [0.25, 0.3) is 0 Å². The third-order valence-corrected chi connectivity index (χ3v) is 31.4. The van der Waals surface area contributed by atoms with Gasteiger partial charge in [-0.3, -0.25) is 53.4 Å². The van der Waals surface area contributed by atoms with Crippen LogP contribution in [-0.4, -0.2) is 233 Å². The van der Waals surface area contributed by atoms with Crippen LogP contribution in [0, 0.1) is 29.6 Å². The van der Waals surface area contributed by atoms with Crippen LogP contribution in [0.3, 0.4) is 0 Å². The number of thiophene rings is 5. The molecule has 20 rings (SSSR count). The third kappa shape index (κ3) is 18.8. The van der Waals surface area contributed by atoms with Crippen molar-refractivity contribution >= 4 is 156 Å². The first-order valence-corrected chi connectivity index (χ1v) is 47.8. The normalized spacial score (nSPS) is 24.9. The molecule has 10 atom stereocenters. The summed E-state index contributed by atoms with van der Waals surface area (Å²) in [5, 5.41) is 7.85. The Kier molecular flexibility index (Phi) is 27.5. The van der Waals surface area contributed by atoms with Gasteiger partial charge in [0.1, 0.15) is 54.1 Å². The van der Waals surface area contributed by atoms with E-state index >= 15 is 0 Å². The third-order valence-electron chi connectivity index (χ3n) is 25.5. The maximum atomic E-state index is 12.9. The van der Waals surface area contributed by atoms with E-state index in [4.69, 9.17) is 52.6 Å². The van der Waals surface area contributed by atoms with Crippen LogP contribution in [0.15, 0.2) is 263 Å². The Labute approximate surface area is 796 Å². The van der Waals surface area contributed by atoms with Crippen LogP contribution in [0.2, 0.25) is 0 Å². The van der Waals surface area contributed by atoms with Crippen LogP contribution >= 0.6 is 72.6 Å². The van der Waals surface area contributed by atoms with Gasteiger partial charge < -0.3 is 67.2 Å². The highest BCUT2D eigenvalue weighted by molar-refractivity contribution is 9.11. The van der Waals surface area contributed by atoms with Crippen LogP contribution in [0.1, 0.15) is 52.2 Å². The molecule has 9 amide bonds. The van der Waals surface area contributed by atoms with Crippen molar-refractivity contribution in [3.63, 3.8) is 0 Å². The van der Waals surface area contributed by atoms with Gasteiger partial charge in [-0.15, -0.1) is 56.7 Å². The maximum Gasteiger partial charge on any atom is 0.410 e. The van der Waals surface area contributed by atoms with E-state index in [-0.39, 0.29) is 138 Å². The van der Waals surface area contributed by atoms with Gasteiger partial charge in [-0.05, 0) is 102 Å². The quantitative estimate of drug-likeness (QED) is 0.0595. The lowest BCUT2D eigenvalue weighted by molar-refractivity contribution is -0.133. The Morgan fingerprint density at radius 2 is 0.549 bits per heavy atom. The molecule has 0 radical (unpaired) electrons. The largest absolute Gasteiger partial charge is 0.445 e. The van der Waals surface area contributed by atoms with Crippen molar-refractivity contribution in [2.75, 3.05) is 101 Å². The fourth-order valence-corrected chi connectivity index (χ4v) is 23.5. The lowest BCUT2D eigenvalue weighted by Crippen LogP contribution is -2.54. The van der Waals surface area contributed by atoms with Crippen molar-refractivity contribution in [3.05, 3.63) is 290 Å². The van der Waals surface area contributed by atoms with Gasteiger partial charge in [0.05, 0.1) is 59.6 Å². The average Bonchev–Trinajstić information content (AvgIpc) is 1.65. The van der Waals surface area contributed by atoms with Crippen molar-refractivity contribution in [1.29, 1.82) is 0 Å². The molecule has 5 aromatic heterocycles. The number of aliphatic imine (C=N–C) groups is 5. The maximum absolute atomic E-state index is 12.9. The summed E-state index contributed by atoms with van der Waals surface area (Å²) in [5.41, 5.74) is 31.0. The SMILES string of the molecule is CN1C(=O)C2CN(C(=O)OCc3ccccc3)CC2(c2ccc(Br)s2)N=C1N.CN1C(=O)C2CN(C(=O)OCc3ccccc3)CC2(c2cccs2)N=C1N.CN1C(=O)C2CN(C(=O)OCc3ccccc3)CC2(c2cccs2)N=C1N.CN1C(=O)C2CN(C(=O)OCc3ccccc3)CC2(c2cccs2)N=C1N.CN1C(=O)C2CN(Cc3ccccc3)CC2(c2cccs2)N=C1N. The summed E-state index contributed by atoms with van der Waals surface area (Å²) < 4.78 is 22.8. The molecule has 33 nitrogen and oxygen atoms in total. The molecule has 10 aliphatic heterocycles. The number of nitrogens with zero attached hydrogens (tertiary/aromatic N) is 15. The molecule has 0 bridgehead atoms. The van der Waals surface area contributed by atoms with E-state index < -0.39 is 75.7 Å². The van der Waals surface area contributed by atoms with Crippen molar-refractivity contribution in [2.45, 2.75) is 60.7 Å². The smallest absolute Gasteiger partial charge is 0.410 e. The summed E-state index contributed by atoms with van der Waals surface area (Å²) in [6.45, 7) is 5.03. The van der Waals surface area contributed by atoms with E-state index in [1.165, 1.54) is 75.4 Å². The first-order valence-electron chi connectivity index (χ1n) is 42.7. The molecule has 0 spiro atoms. The number of halogens is 1. The van der Waals surface area contributed by atoms with E-state index in [0.29, 0.717) is 19.0 Å². The monoisotopic (exact) mass is 1950 g/mol. The number of hydrogen-bond donors (Lipinski definition) is 5. The van der Waals surface area contributed by atoms with Crippen molar-refractivity contribution in [1.82, 2.24) is 49.0 Å². The molecule has 5 fully saturated rings. The zero-order chi connectivity index (χ0) is 93.7. The predicted octanol–water partition coefficient (Wildman–Crippen LogP) is 10.6. The van der Waals surface area contributed by atoms with Crippen LogP contribution in [0.5, 0.6) is 0 Å². The molecule has 0 aliphatic carbocycles. The molecule has 690 valence electrons. The first-order chi connectivity index (χ1) is 64.0. The van der Waals surface area contributed by atoms with Gasteiger partial charge in [0.2, 0.25) is 29.5 Å². The van der Waals surface area contributed by atoms with E-state index in [1.807, 2.05) is 216 Å². The molecule has 0 saturated carbocycles. The molecular formula is C94H99BrN20O13S5. The molecule has 10 N–H and O–H groups in total. The fraction of sp³-hybridized carbons (Fsp3) is 0.319. The molecular weight excluding hydrogens is 1860 g/mol. The number of hydrogen-bond acceptors (Lipinski definition) is 29.